The predicted octanol–water partition coefficient (Wildman–Crippen LogP) is 2.63. The summed E-state index contributed by atoms with van der Waals surface area (Å²) in [6, 6.07) is 4.13. The molecule has 1 aromatic carbocycles. The van der Waals surface area contributed by atoms with Crippen LogP contribution >= 0.6 is 0 Å². The van der Waals surface area contributed by atoms with Crippen LogP contribution in [0.2, 0.25) is 0 Å². The highest BCUT2D eigenvalue weighted by Gasteiger charge is 2.27. The summed E-state index contributed by atoms with van der Waals surface area (Å²) in [5, 5.41) is 10.3. The Morgan fingerprint density at radius 3 is 2.84 bits per heavy atom. The van der Waals surface area contributed by atoms with Crippen LogP contribution in [0.3, 0.4) is 0 Å². The highest BCUT2D eigenvalue weighted by atomic mass is 16.5. The van der Waals surface area contributed by atoms with E-state index in [1.807, 2.05) is 26.8 Å². The van der Waals surface area contributed by atoms with Crippen molar-refractivity contribution in [2.24, 2.45) is 5.92 Å². The number of likely N-dealkylation sites (tertiary alicyclic amines) is 1. The largest absolute Gasteiger partial charge is 0.491 e. The van der Waals surface area contributed by atoms with Crippen LogP contribution in [0.1, 0.15) is 36.5 Å². The number of carbonyl (C=O) groups is 1. The summed E-state index contributed by atoms with van der Waals surface area (Å²) in [4.78, 5) is 14.0. The molecule has 1 aromatic rings. The molecule has 5 nitrogen and oxygen atoms in total. The van der Waals surface area contributed by atoms with Crippen LogP contribution in [0.15, 0.2) is 12.1 Å². The molecule has 140 valence electrons. The number of esters is 1. The molecule has 2 atom stereocenters. The Kier molecular flexibility index (Phi) is 7.26. The number of ether oxygens (including phenoxy) is 2. The van der Waals surface area contributed by atoms with Crippen molar-refractivity contribution >= 4 is 5.97 Å². The Hall–Kier alpha value is -1.59. The van der Waals surface area contributed by atoms with E-state index in [2.05, 4.69) is 17.9 Å². The third-order valence-electron chi connectivity index (χ3n) is 4.79. The first-order valence-corrected chi connectivity index (χ1v) is 9.18. The van der Waals surface area contributed by atoms with Crippen molar-refractivity contribution in [2.45, 2.75) is 46.6 Å². The van der Waals surface area contributed by atoms with Gasteiger partial charge in [-0.1, -0.05) is 6.07 Å². The SMILES string of the molecule is CCOC(=O)[C@H]1CCCN(C[C@@H](O)COc2cc(C)cc(C)c2C)C1. The molecule has 0 saturated carbocycles. The number of piperidine rings is 1. The minimum absolute atomic E-state index is 0.0801. The number of nitrogens with zero attached hydrogens (tertiary/aromatic N) is 1. The first-order valence-electron chi connectivity index (χ1n) is 9.18. The maximum absolute atomic E-state index is 11.9. The van der Waals surface area contributed by atoms with Crippen molar-refractivity contribution in [3.05, 3.63) is 28.8 Å². The van der Waals surface area contributed by atoms with Gasteiger partial charge in [0.05, 0.1) is 12.5 Å². The summed E-state index contributed by atoms with van der Waals surface area (Å²) >= 11 is 0. The van der Waals surface area contributed by atoms with Crippen LogP contribution in [-0.4, -0.2) is 54.9 Å². The van der Waals surface area contributed by atoms with Gasteiger partial charge in [-0.15, -0.1) is 0 Å². The maximum atomic E-state index is 11.9. The monoisotopic (exact) mass is 349 g/mol. The van der Waals surface area contributed by atoms with E-state index < -0.39 is 6.10 Å². The highest BCUT2D eigenvalue weighted by molar-refractivity contribution is 5.72. The third kappa shape index (κ3) is 5.72. The number of carbonyl (C=O) groups excluding carboxylic acids is 1. The van der Waals surface area contributed by atoms with Crippen LogP contribution in [0.4, 0.5) is 0 Å². The molecule has 1 aliphatic heterocycles. The summed E-state index contributed by atoms with van der Waals surface area (Å²) in [5.74, 6) is 0.631. The van der Waals surface area contributed by atoms with E-state index in [9.17, 15) is 9.90 Å². The standard InChI is InChI=1S/C20H31NO4/c1-5-24-20(23)17-7-6-8-21(11-17)12-18(22)13-25-19-10-14(2)9-15(3)16(19)4/h9-10,17-18,22H,5-8,11-13H2,1-4H3/t17-,18+/m0/s1. The molecule has 0 aromatic heterocycles. The van der Waals surface area contributed by atoms with E-state index in [4.69, 9.17) is 9.47 Å². The number of benzene rings is 1. The number of aliphatic hydroxyl groups excluding tert-OH is 1. The predicted molar refractivity (Wildman–Crippen MR) is 98.0 cm³/mol. The average molecular weight is 349 g/mol. The van der Waals surface area contributed by atoms with Crippen molar-refractivity contribution in [3.63, 3.8) is 0 Å². The number of hydrogen-bond donors (Lipinski definition) is 1. The van der Waals surface area contributed by atoms with E-state index in [1.54, 1.807) is 0 Å². The molecule has 0 unspecified atom stereocenters. The number of rotatable bonds is 7. The number of aliphatic hydroxyl groups is 1. The maximum Gasteiger partial charge on any atom is 0.310 e. The van der Waals surface area contributed by atoms with Gasteiger partial charge in [-0.3, -0.25) is 9.69 Å². The number of hydrogen-bond acceptors (Lipinski definition) is 5. The summed E-state index contributed by atoms with van der Waals surface area (Å²) in [5.41, 5.74) is 3.46. The van der Waals surface area contributed by atoms with E-state index in [1.165, 1.54) is 5.56 Å². The molecule has 25 heavy (non-hydrogen) atoms. The summed E-state index contributed by atoms with van der Waals surface area (Å²) in [6.45, 7) is 10.7. The molecule has 1 N–H and O–H groups in total. The van der Waals surface area contributed by atoms with Gasteiger partial charge in [0.2, 0.25) is 0 Å². The van der Waals surface area contributed by atoms with Gasteiger partial charge in [-0.2, -0.15) is 0 Å². The molecule has 5 heteroatoms. The van der Waals surface area contributed by atoms with Crippen molar-refractivity contribution < 1.29 is 19.4 Å². The molecular formula is C20H31NO4. The lowest BCUT2D eigenvalue weighted by Crippen LogP contribution is -2.44. The molecule has 0 bridgehead atoms. The zero-order valence-corrected chi connectivity index (χ0v) is 15.9. The fourth-order valence-electron chi connectivity index (χ4n) is 3.36. The van der Waals surface area contributed by atoms with E-state index in [-0.39, 0.29) is 18.5 Å². The van der Waals surface area contributed by atoms with Gasteiger partial charge in [0.25, 0.3) is 0 Å². The second-order valence-corrected chi connectivity index (χ2v) is 7.02. The Bertz CT molecular complexity index is 587. The quantitative estimate of drug-likeness (QED) is 0.767. The molecular weight excluding hydrogens is 318 g/mol. The van der Waals surface area contributed by atoms with Gasteiger partial charge in [0.15, 0.2) is 0 Å². The number of aryl methyl sites for hydroxylation is 2. The van der Waals surface area contributed by atoms with Crippen LogP contribution in [0.25, 0.3) is 0 Å². The fourth-order valence-corrected chi connectivity index (χ4v) is 3.36. The molecule has 1 aliphatic rings. The number of β-amino-alcohol motifs (C(OH)–C–C–N with tert-alkyl or cyclic N) is 1. The van der Waals surface area contributed by atoms with Gasteiger partial charge in [0, 0.05) is 13.1 Å². The minimum atomic E-state index is -0.582. The van der Waals surface area contributed by atoms with Crippen LogP contribution in [0.5, 0.6) is 5.75 Å². The fraction of sp³-hybridized carbons (Fsp3) is 0.650. The van der Waals surface area contributed by atoms with Gasteiger partial charge in [-0.05, 0) is 69.8 Å². The van der Waals surface area contributed by atoms with Crippen LogP contribution < -0.4 is 4.74 Å². The first kappa shape index (κ1) is 19.7. The second-order valence-electron chi connectivity index (χ2n) is 7.02. The minimum Gasteiger partial charge on any atom is -0.491 e. The van der Waals surface area contributed by atoms with Crippen molar-refractivity contribution in [2.75, 3.05) is 32.8 Å². The lowest BCUT2D eigenvalue weighted by molar-refractivity contribution is -0.150. The molecule has 2 rings (SSSR count). The molecule has 0 radical (unpaired) electrons. The third-order valence-corrected chi connectivity index (χ3v) is 4.79. The van der Waals surface area contributed by atoms with Crippen molar-refractivity contribution in [1.29, 1.82) is 0 Å². The molecule has 1 fully saturated rings. The van der Waals surface area contributed by atoms with Crippen molar-refractivity contribution in [3.8, 4) is 5.75 Å². The Labute approximate surface area is 150 Å². The van der Waals surface area contributed by atoms with Gasteiger partial charge < -0.3 is 14.6 Å². The summed E-state index contributed by atoms with van der Waals surface area (Å²) in [6.07, 6.45) is 1.23. The Balaban J connectivity index is 1.84. The smallest absolute Gasteiger partial charge is 0.310 e. The molecule has 0 spiro atoms. The topological polar surface area (TPSA) is 59.0 Å². The van der Waals surface area contributed by atoms with Crippen molar-refractivity contribution in [1.82, 2.24) is 4.90 Å². The van der Waals surface area contributed by atoms with Gasteiger partial charge in [0.1, 0.15) is 18.5 Å². The molecule has 0 amide bonds. The second kappa shape index (κ2) is 9.20. The highest BCUT2D eigenvalue weighted by Crippen LogP contribution is 2.23. The molecule has 0 aliphatic carbocycles. The Morgan fingerprint density at radius 1 is 1.36 bits per heavy atom. The summed E-state index contributed by atoms with van der Waals surface area (Å²) in [7, 11) is 0. The lowest BCUT2D eigenvalue weighted by atomic mass is 9.98. The van der Waals surface area contributed by atoms with Crippen LogP contribution in [-0.2, 0) is 9.53 Å². The van der Waals surface area contributed by atoms with Gasteiger partial charge in [-0.25, -0.2) is 0 Å². The zero-order chi connectivity index (χ0) is 18.4. The first-order chi connectivity index (χ1) is 11.9. The molecule has 1 heterocycles. The Morgan fingerprint density at radius 2 is 2.12 bits per heavy atom. The molecule has 1 saturated heterocycles. The average Bonchev–Trinajstić information content (AvgIpc) is 2.57. The van der Waals surface area contributed by atoms with Crippen LogP contribution in [0, 0.1) is 26.7 Å². The van der Waals surface area contributed by atoms with E-state index in [0.29, 0.717) is 19.7 Å². The summed E-state index contributed by atoms with van der Waals surface area (Å²) < 4.78 is 11.0. The van der Waals surface area contributed by atoms with E-state index in [0.717, 1.165) is 36.3 Å². The zero-order valence-electron chi connectivity index (χ0n) is 15.9. The normalized spacial score (nSPS) is 19.5. The van der Waals surface area contributed by atoms with Gasteiger partial charge >= 0.3 is 5.97 Å². The lowest BCUT2D eigenvalue weighted by Gasteiger charge is -2.32. The van der Waals surface area contributed by atoms with E-state index >= 15 is 0 Å².